The van der Waals surface area contributed by atoms with Gasteiger partial charge < -0.3 is 9.72 Å². The van der Waals surface area contributed by atoms with E-state index >= 15 is 0 Å². The van der Waals surface area contributed by atoms with E-state index in [9.17, 15) is 4.79 Å². The largest absolute Gasteiger partial charge is 0.484 e. The van der Waals surface area contributed by atoms with Crippen molar-refractivity contribution < 1.29 is 9.53 Å². The molecule has 0 saturated heterocycles. The van der Waals surface area contributed by atoms with Crippen LogP contribution in [0.15, 0.2) is 58.2 Å². The van der Waals surface area contributed by atoms with Crippen molar-refractivity contribution in [1.82, 2.24) is 10.4 Å². The highest BCUT2D eigenvalue weighted by molar-refractivity contribution is 9.10. The summed E-state index contributed by atoms with van der Waals surface area (Å²) in [6.45, 7) is 2.10. The number of amides is 1. The van der Waals surface area contributed by atoms with Gasteiger partial charge in [0.05, 0.1) is 6.21 Å². The molecule has 0 bridgehead atoms. The number of nitrogens with one attached hydrogen (secondary N) is 2. The molecule has 1 aromatic heterocycles. The Morgan fingerprint density at radius 3 is 2.85 bits per heavy atom. The fourth-order valence-corrected chi connectivity index (χ4v) is 3.07. The number of hydrazone groups is 1. The van der Waals surface area contributed by atoms with Gasteiger partial charge in [0.25, 0.3) is 5.91 Å². The van der Waals surface area contributed by atoms with Gasteiger partial charge in [-0.15, -0.1) is 0 Å². The summed E-state index contributed by atoms with van der Waals surface area (Å²) in [7, 11) is 0. The zero-order valence-electron chi connectivity index (χ0n) is 15.2. The monoisotopic (exact) mass is 427 g/mol. The van der Waals surface area contributed by atoms with Gasteiger partial charge in [-0.2, -0.15) is 5.10 Å². The van der Waals surface area contributed by atoms with Crippen molar-refractivity contribution in [2.45, 2.75) is 26.2 Å². The smallest absolute Gasteiger partial charge is 0.277 e. The number of ether oxygens (including phenoxy) is 1. The van der Waals surface area contributed by atoms with E-state index in [-0.39, 0.29) is 12.5 Å². The molecule has 0 atom stereocenters. The van der Waals surface area contributed by atoms with E-state index in [4.69, 9.17) is 4.74 Å². The quantitative estimate of drug-likeness (QED) is 0.400. The van der Waals surface area contributed by atoms with Crippen molar-refractivity contribution in [2.24, 2.45) is 5.10 Å². The number of H-pyrrole nitrogens is 1. The molecule has 1 heterocycles. The van der Waals surface area contributed by atoms with E-state index < -0.39 is 0 Å². The molecule has 140 valence electrons. The lowest BCUT2D eigenvalue weighted by molar-refractivity contribution is -0.123. The van der Waals surface area contributed by atoms with Crippen LogP contribution in [0.5, 0.6) is 5.75 Å². The summed E-state index contributed by atoms with van der Waals surface area (Å²) >= 11 is 3.46. The van der Waals surface area contributed by atoms with Crippen molar-refractivity contribution in [3.8, 4) is 5.75 Å². The van der Waals surface area contributed by atoms with Gasteiger partial charge in [-0.25, -0.2) is 5.43 Å². The molecule has 5 nitrogen and oxygen atoms in total. The van der Waals surface area contributed by atoms with Gasteiger partial charge in [0.2, 0.25) is 0 Å². The Balaban J connectivity index is 1.49. The van der Waals surface area contributed by atoms with Gasteiger partial charge in [-0.3, -0.25) is 4.79 Å². The average Bonchev–Trinajstić information content (AvgIpc) is 3.07. The Kier molecular flexibility index (Phi) is 6.65. The number of carbonyl (C=O) groups excluding carboxylic acids is 1. The molecule has 0 aliphatic rings. The normalized spacial score (nSPS) is 11.2. The molecule has 3 rings (SSSR count). The van der Waals surface area contributed by atoms with Gasteiger partial charge in [0.1, 0.15) is 5.75 Å². The second-order valence-electron chi connectivity index (χ2n) is 6.26. The van der Waals surface area contributed by atoms with Gasteiger partial charge in [0, 0.05) is 27.1 Å². The zero-order valence-corrected chi connectivity index (χ0v) is 16.8. The Morgan fingerprint density at radius 1 is 1.26 bits per heavy atom. The van der Waals surface area contributed by atoms with Crippen LogP contribution in [-0.4, -0.2) is 23.7 Å². The Hall–Kier alpha value is -2.60. The van der Waals surface area contributed by atoms with Crippen LogP contribution in [0.25, 0.3) is 10.9 Å². The summed E-state index contributed by atoms with van der Waals surface area (Å²) in [5.41, 5.74) is 5.68. The number of nitrogens with zero attached hydrogens (tertiary/aromatic N) is 1. The number of unbranched alkanes of at least 4 members (excludes halogenated alkanes) is 1. The third-order valence-corrected chi connectivity index (χ3v) is 4.67. The molecule has 0 saturated carbocycles. The standard InChI is InChI=1S/C21H22BrN3O2/c1-2-3-4-15-5-8-18(9-6-15)27-14-21(26)25-24-13-16-12-23-20-10-7-17(22)11-19(16)20/h5-13,23H,2-4,14H2,1H3,(H,25,26)/b24-13+. The average molecular weight is 428 g/mol. The number of rotatable bonds is 8. The fourth-order valence-electron chi connectivity index (χ4n) is 2.71. The molecule has 1 amide bonds. The lowest BCUT2D eigenvalue weighted by Gasteiger charge is -2.06. The number of fused-ring (bicyclic) bond motifs is 1. The Bertz CT molecular complexity index is 932. The van der Waals surface area contributed by atoms with Crippen molar-refractivity contribution >= 4 is 39.0 Å². The molecule has 0 aliphatic heterocycles. The van der Waals surface area contributed by atoms with Crippen molar-refractivity contribution in [3.63, 3.8) is 0 Å². The van der Waals surface area contributed by atoms with Gasteiger partial charge in [0.15, 0.2) is 6.61 Å². The van der Waals surface area contributed by atoms with Crippen LogP contribution in [0.4, 0.5) is 0 Å². The lowest BCUT2D eigenvalue weighted by Crippen LogP contribution is -2.24. The second-order valence-corrected chi connectivity index (χ2v) is 7.18. The number of aryl methyl sites for hydroxylation is 1. The van der Waals surface area contributed by atoms with Gasteiger partial charge >= 0.3 is 0 Å². The highest BCUT2D eigenvalue weighted by atomic mass is 79.9. The van der Waals surface area contributed by atoms with E-state index in [0.717, 1.165) is 27.4 Å². The summed E-state index contributed by atoms with van der Waals surface area (Å²) < 4.78 is 6.49. The number of hydrogen-bond donors (Lipinski definition) is 2. The molecule has 3 aromatic rings. The predicted molar refractivity (Wildman–Crippen MR) is 112 cm³/mol. The highest BCUT2D eigenvalue weighted by Crippen LogP contribution is 2.21. The summed E-state index contributed by atoms with van der Waals surface area (Å²) in [5, 5.41) is 5.04. The Labute approximate surface area is 166 Å². The third-order valence-electron chi connectivity index (χ3n) is 4.18. The van der Waals surface area contributed by atoms with Crippen LogP contribution in [0, 0.1) is 0 Å². The minimum atomic E-state index is -0.303. The van der Waals surface area contributed by atoms with Crippen LogP contribution in [-0.2, 0) is 11.2 Å². The number of carbonyl (C=O) groups is 1. The van der Waals surface area contributed by atoms with Crippen LogP contribution in [0.3, 0.4) is 0 Å². The summed E-state index contributed by atoms with van der Waals surface area (Å²) in [5.74, 6) is 0.373. The minimum Gasteiger partial charge on any atom is -0.484 e. The van der Waals surface area contributed by atoms with Crippen molar-refractivity contribution in [3.05, 3.63) is 64.3 Å². The molecular weight excluding hydrogens is 406 g/mol. The Morgan fingerprint density at radius 2 is 2.07 bits per heavy atom. The molecule has 0 fully saturated rings. The maximum Gasteiger partial charge on any atom is 0.277 e. The number of aromatic amines is 1. The first-order valence-electron chi connectivity index (χ1n) is 8.96. The molecule has 0 unspecified atom stereocenters. The van der Waals surface area contributed by atoms with E-state index in [1.807, 2.05) is 48.7 Å². The lowest BCUT2D eigenvalue weighted by atomic mass is 10.1. The fraction of sp³-hybridized carbons (Fsp3) is 0.238. The summed E-state index contributed by atoms with van der Waals surface area (Å²) in [6.07, 6.45) is 6.88. The molecule has 2 N–H and O–H groups in total. The summed E-state index contributed by atoms with van der Waals surface area (Å²) in [4.78, 5) is 15.1. The van der Waals surface area contributed by atoms with Crippen LogP contribution in [0.2, 0.25) is 0 Å². The summed E-state index contributed by atoms with van der Waals surface area (Å²) in [6, 6.07) is 13.8. The SMILES string of the molecule is CCCCc1ccc(OCC(=O)N/N=C/c2c[nH]c3ccc(Br)cc23)cc1. The number of aromatic nitrogens is 1. The maximum atomic E-state index is 11.9. The number of benzene rings is 2. The first kappa shape index (κ1) is 19.2. The number of halogens is 1. The molecule has 2 aromatic carbocycles. The molecule has 0 spiro atoms. The van der Waals surface area contributed by atoms with E-state index in [1.54, 1.807) is 6.21 Å². The minimum absolute atomic E-state index is 0.0783. The van der Waals surface area contributed by atoms with Crippen LogP contribution in [0.1, 0.15) is 30.9 Å². The highest BCUT2D eigenvalue weighted by Gasteiger charge is 2.04. The van der Waals surface area contributed by atoms with Crippen molar-refractivity contribution in [2.75, 3.05) is 6.61 Å². The maximum absolute atomic E-state index is 11.9. The number of hydrogen-bond acceptors (Lipinski definition) is 3. The molecule has 27 heavy (non-hydrogen) atoms. The molecular formula is C21H22BrN3O2. The molecule has 0 aliphatic carbocycles. The van der Waals surface area contributed by atoms with Gasteiger partial charge in [-0.1, -0.05) is 41.4 Å². The van der Waals surface area contributed by atoms with Crippen LogP contribution < -0.4 is 10.2 Å². The molecule has 0 radical (unpaired) electrons. The zero-order chi connectivity index (χ0) is 19.1. The van der Waals surface area contributed by atoms with E-state index in [1.165, 1.54) is 18.4 Å². The van der Waals surface area contributed by atoms with Gasteiger partial charge in [-0.05, 0) is 48.7 Å². The van der Waals surface area contributed by atoms with Crippen LogP contribution >= 0.6 is 15.9 Å². The van der Waals surface area contributed by atoms with Crippen molar-refractivity contribution in [1.29, 1.82) is 0 Å². The second kappa shape index (κ2) is 9.37. The predicted octanol–water partition coefficient (Wildman–Crippen LogP) is 4.80. The van der Waals surface area contributed by atoms with E-state index in [2.05, 4.69) is 38.4 Å². The first-order valence-corrected chi connectivity index (χ1v) is 9.75. The first-order chi connectivity index (χ1) is 13.2. The third kappa shape index (κ3) is 5.44. The van der Waals surface area contributed by atoms with E-state index in [0.29, 0.717) is 5.75 Å². The molecule has 6 heteroatoms. The topological polar surface area (TPSA) is 66.5 Å².